The molecule has 1 aliphatic heterocycles. The molecule has 30 heavy (non-hydrogen) atoms. The van der Waals surface area contributed by atoms with E-state index < -0.39 is 0 Å². The van der Waals surface area contributed by atoms with Crippen molar-refractivity contribution in [3.63, 3.8) is 0 Å². The number of ether oxygens (including phenoxy) is 1. The Balaban J connectivity index is 1.78. The third-order valence-corrected chi connectivity index (χ3v) is 6.47. The first-order valence-electron chi connectivity index (χ1n) is 10.7. The summed E-state index contributed by atoms with van der Waals surface area (Å²) in [5, 5.41) is 2.09. The van der Waals surface area contributed by atoms with E-state index in [1.807, 2.05) is 43.0 Å². The van der Waals surface area contributed by atoms with Gasteiger partial charge in [0.1, 0.15) is 12.4 Å². The third kappa shape index (κ3) is 5.22. The molecule has 2 heterocycles. The van der Waals surface area contributed by atoms with Crippen LogP contribution >= 0.6 is 11.3 Å². The van der Waals surface area contributed by atoms with E-state index >= 15 is 0 Å². The van der Waals surface area contributed by atoms with Crippen LogP contribution in [0.4, 0.5) is 0 Å². The number of rotatable bonds is 8. The zero-order valence-electron chi connectivity index (χ0n) is 18.4. The van der Waals surface area contributed by atoms with E-state index in [0.717, 1.165) is 17.7 Å². The predicted molar refractivity (Wildman–Crippen MR) is 121 cm³/mol. The fourth-order valence-corrected chi connectivity index (χ4v) is 4.86. The summed E-state index contributed by atoms with van der Waals surface area (Å²) in [5.74, 6) is 1.18. The monoisotopic (exact) mass is 428 g/mol. The molecule has 0 aliphatic carbocycles. The van der Waals surface area contributed by atoms with Gasteiger partial charge in [-0.15, -0.1) is 11.3 Å². The van der Waals surface area contributed by atoms with Gasteiger partial charge in [-0.05, 0) is 47.9 Å². The number of carbonyl (C=O) groups is 2. The maximum absolute atomic E-state index is 13.3. The van der Waals surface area contributed by atoms with E-state index in [0.29, 0.717) is 32.0 Å². The smallest absolute Gasteiger partial charge is 0.242 e. The number of hydrogen-bond acceptors (Lipinski definition) is 4. The highest BCUT2D eigenvalue weighted by molar-refractivity contribution is 7.10. The Labute approximate surface area is 183 Å². The Bertz CT molecular complexity index is 877. The summed E-state index contributed by atoms with van der Waals surface area (Å²) >= 11 is 1.74. The van der Waals surface area contributed by atoms with Crippen LogP contribution in [0.25, 0.3) is 0 Å². The average molecular weight is 429 g/mol. The van der Waals surface area contributed by atoms with Crippen molar-refractivity contribution in [1.29, 1.82) is 0 Å². The molecule has 2 aromatic rings. The summed E-state index contributed by atoms with van der Waals surface area (Å²) in [6.07, 6.45) is 1.26. The molecule has 2 amide bonds. The van der Waals surface area contributed by atoms with Crippen molar-refractivity contribution >= 4 is 23.2 Å². The van der Waals surface area contributed by atoms with Crippen LogP contribution in [0.2, 0.25) is 0 Å². The van der Waals surface area contributed by atoms with Crippen LogP contribution in [-0.2, 0) is 16.0 Å². The number of hydrogen-bond donors (Lipinski definition) is 0. The molecule has 5 nitrogen and oxygen atoms in total. The van der Waals surface area contributed by atoms with Crippen molar-refractivity contribution in [2.75, 3.05) is 26.2 Å². The number of carbonyl (C=O) groups excluding carboxylic acids is 2. The summed E-state index contributed by atoms with van der Waals surface area (Å²) in [6.45, 7) is 9.80. The number of fused-ring (bicyclic) bond motifs is 1. The van der Waals surface area contributed by atoms with Gasteiger partial charge in [0.25, 0.3) is 0 Å². The Kier molecular flexibility index (Phi) is 7.53. The summed E-state index contributed by atoms with van der Waals surface area (Å²) in [6, 6.07) is 9.91. The van der Waals surface area contributed by atoms with Crippen LogP contribution in [0.15, 0.2) is 35.7 Å². The molecule has 1 atom stereocenters. The molecule has 6 heteroatoms. The van der Waals surface area contributed by atoms with Gasteiger partial charge in [0.15, 0.2) is 0 Å². The standard InChI is InChI=1S/C24H32N2O3S/c1-5-23(27)25(14-17(2)3)15-24(28)26-12-10-22-19(11-13-30-22)20(26)16-29-21-9-7-6-8-18(21)4/h6-9,11,13,17,20H,5,10,12,14-16H2,1-4H3/t20-/m0/s1. The Morgan fingerprint density at radius 2 is 2.03 bits per heavy atom. The lowest BCUT2D eigenvalue weighted by atomic mass is 10.00. The van der Waals surface area contributed by atoms with E-state index in [1.165, 1.54) is 10.4 Å². The van der Waals surface area contributed by atoms with E-state index in [-0.39, 0.29) is 24.4 Å². The van der Waals surface area contributed by atoms with Crippen molar-refractivity contribution < 1.29 is 14.3 Å². The first-order chi connectivity index (χ1) is 14.4. The minimum Gasteiger partial charge on any atom is -0.491 e. The number of amides is 2. The van der Waals surface area contributed by atoms with E-state index in [9.17, 15) is 9.59 Å². The zero-order chi connectivity index (χ0) is 21.7. The highest BCUT2D eigenvalue weighted by atomic mass is 32.1. The topological polar surface area (TPSA) is 49.9 Å². The van der Waals surface area contributed by atoms with E-state index in [4.69, 9.17) is 4.74 Å². The van der Waals surface area contributed by atoms with Gasteiger partial charge >= 0.3 is 0 Å². The fourth-order valence-electron chi connectivity index (χ4n) is 3.93. The van der Waals surface area contributed by atoms with Gasteiger partial charge in [0.05, 0.1) is 12.6 Å². The van der Waals surface area contributed by atoms with Crippen LogP contribution < -0.4 is 4.74 Å². The minimum absolute atomic E-state index is 0.00677. The number of benzene rings is 1. The Hall–Kier alpha value is -2.34. The molecule has 0 radical (unpaired) electrons. The number of aryl methyl sites for hydroxylation is 1. The Morgan fingerprint density at radius 1 is 1.27 bits per heavy atom. The van der Waals surface area contributed by atoms with Crippen LogP contribution in [0, 0.1) is 12.8 Å². The first kappa shape index (κ1) is 22.3. The molecule has 0 fully saturated rings. The molecule has 1 aliphatic rings. The second-order valence-electron chi connectivity index (χ2n) is 8.25. The predicted octanol–water partition coefficient (Wildman–Crippen LogP) is 4.46. The first-order valence-corrected chi connectivity index (χ1v) is 11.6. The van der Waals surface area contributed by atoms with Crippen LogP contribution in [0.3, 0.4) is 0 Å². The number of para-hydroxylation sites is 1. The van der Waals surface area contributed by atoms with Crippen molar-refractivity contribution in [1.82, 2.24) is 9.80 Å². The van der Waals surface area contributed by atoms with Gasteiger partial charge in [-0.25, -0.2) is 0 Å². The fraction of sp³-hybridized carbons (Fsp3) is 0.500. The van der Waals surface area contributed by atoms with E-state index in [2.05, 4.69) is 25.3 Å². The lowest BCUT2D eigenvalue weighted by Crippen LogP contribution is -2.48. The third-order valence-electron chi connectivity index (χ3n) is 5.47. The summed E-state index contributed by atoms with van der Waals surface area (Å²) in [7, 11) is 0. The van der Waals surface area contributed by atoms with Crippen molar-refractivity contribution in [3.05, 3.63) is 51.7 Å². The second-order valence-corrected chi connectivity index (χ2v) is 9.25. The minimum atomic E-state index is -0.135. The summed E-state index contributed by atoms with van der Waals surface area (Å²) in [5.41, 5.74) is 2.25. The lowest BCUT2D eigenvalue weighted by molar-refractivity contribution is -0.143. The molecule has 0 bridgehead atoms. The molecule has 0 spiro atoms. The molecule has 1 aromatic heterocycles. The van der Waals surface area contributed by atoms with Crippen molar-refractivity contribution in [3.8, 4) is 5.75 Å². The van der Waals surface area contributed by atoms with Crippen molar-refractivity contribution in [2.24, 2.45) is 5.92 Å². The van der Waals surface area contributed by atoms with Gasteiger partial charge < -0.3 is 14.5 Å². The molecule has 0 unspecified atom stereocenters. The van der Waals surface area contributed by atoms with E-state index in [1.54, 1.807) is 16.2 Å². The zero-order valence-corrected chi connectivity index (χ0v) is 19.2. The molecule has 0 saturated heterocycles. The Morgan fingerprint density at radius 3 is 2.73 bits per heavy atom. The van der Waals surface area contributed by atoms with Gasteiger partial charge in [0, 0.05) is 24.4 Å². The summed E-state index contributed by atoms with van der Waals surface area (Å²) in [4.78, 5) is 30.6. The quantitative estimate of drug-likeness (QED) is 0.624. The van der Waals surface area contributed by atoms with Gasteiger partial charge in [-0.2, -0.15) is 0 Å². The van der Waals surface area contributed by atoms with Crippen LogP contribution in [0.5, 0.6) is 5.75 Å². The van der Waals surface area contributed by atoms with Crippen LogP contribution in [-0.4, -0.2) is 47.9 Å². The van der Waals surface area contributed by atoms with Gasteiger partial charge in [-0.3, -0.25) is 9.59 Å². The SMILES string of the molecule is CCC(=O)N(CC(=O)N1CCc2sccc2[C@@H]1COc1ccccc1C)CC(C)C. The number of nitrogens with zero attached hydrogens (tertiary/aromatic N) is 2. The maximum atomic E-state index is 13.3. The lowest BCUT2D eigenvalue weighted by Gasteiger charge is -2.37. The maximum Gasteiger partial charge on any atom is 0.242 e. The second kappa shape index (κ2) is 10.1. The van der Waals surface area contributed by atoms with Crippen LogP contribution in [0.1, 0.15) is 49.2 Å². The largest absolute Gasteiger partial charge is 0.491 e. The average Bonchev–Trinajstić information content (AvgIpc) is 3.20. The van der Waals surface area contributed by atoms with Crippen molar-refractivity contribution in [2.45, 2.75) is 46.6 Å². The molecule has 162 valence electrons. The molecule has 3 rings (SSSR count). The highest BCUT2D eigenvalue weighted by Crippen LogP contribution is 2.34. The van der Waals surface area contributed by atoms with Gasteiger partial charge in [0.2, 0.25) is 11.8 Å². The highest BCUT2D eigenvalue weighted by Gasteiger charge is 2.33. The summed E-state index contributed by atoms with van der Waals surface area (Å²) < 4.78 is 6.15. The molecular weight excluding hydrogens is 396 g/mol. The molecule has 0 N–H and O–H groups in total. The molecule has 1 aromatic carbocycles. The molecular formula is C24H32N2O3S. The number of thiophene rings is 1. The molecule has 0 saturated carbocycles. The van der Waals surface area contributed by atoms with Gasteiger partial charge in [-0.1, -0.05) is 39.0 Å². The normalized spacial score (nSPS) is 15.8.